The van der Waals surface area contributed by atoms with Gasteiger partial charge in [-0.05, 0) is 19.4 Å². The number of anilines is 2. The van der Waals surface area contributed by atoms with Crippen LogP contribution in [0.4, 0.5) is 11.5 Å². The van der Waals surface area contributed by atoms with E-state index >= 15 is 0 Å². The van der Waals surface area contributed by atoms with Gasteiger partial charge < -0.3 is 15.8 Å². The Hall–Kier alpha value is -1.30. The van der Waals surface area contributed by atoms with Crippen LogP contribution in [0.15, 0.2) is 12.1 Å². The van der Waals surface area contributed by atoms with E-state index in [4.69, 9.17) is 10.5 Å². The summed E-state index contributed by atoms with van der Waals surface area (Å²) in [6.07, 6.45) is 2.51. The third-order valence-corrected chi connectivity index (χ3v) is 3.14. The van der Waals surface area contributed by atoms with Crippen LogP contribution in [0.3, 0.4) is 0 Å². The van der Waals surface area contributed by atoms with Crippen molar-refractivity contribution in [2.45, 2.75) is 19.4 Å². The van der Waals surface area contributed by atoms with Crippen LogP contribution >= 0.6 is 0 Å². The summed E-state index contributed by atoms with van der Waals surface area (Å²) >= 11 is 0. The second kappa shape index (κ2) is 6.44. The first-order chi connectivity index (χ1) is 8.02. The van der Waals surface area contributed by atoms with Gasteiger partial charge in [-0.15, -0.1) is 0 Å². The lowest BCUT2D eigenvalue weighted by Crippen LogP contribution is -2.19. The Morgan fingerprint density at radius 1 is 1.59 bits per heavy atom. The number of aromatic nitrogens is 1. The van der Waals surface area contributed by atoms with Crippen molar-refractivity contribution in [1.82, 2.24) is 4.98 Å². The molecule has 0 saturated carbocycles. The molecule has 1 aromatic rings. The van der Waals surface area contributed by atoms with Gasteiger partial charge in [0.2, 0.25) is 5.88 Å². The van der Waals surface area contributed by atoms with Crippen molar-refractivity contribution in [3.05, 3.63) is 12.1 Å². The van der Waals surface area contributed by atoms with E-state index in [-0.39, 0.29) is 6.04 Å². The molecule has 2 unspecified atom stereocenters. The number of ether oxygens (including phenoxy) is 1. The van der Waals surface area contributed by atoms with Crippen LogP contribution in [0.2, 0.25) is 0 Å². The lowest BCUT2D eigenvalue weighted by Gasteiger charge is -2.15. The number of nitrogens with two attached hydrogens (primary N) is 1. The van der Waals surface area contributed by atoms with Crippen LogP contribution in [0.5, 0.6) is 5.88 Å². The Morgan fingerprint density at radius 3 is 2.88 bits per heavy atom. The fourth-order valence-electron chi connectivity index (χ4n) is 1.33. The number of nitrogen functional groups attached to an aromatic ring is 1. The van der Waals surface area contributed by atoms with E-state index in [1.807, 2.05) is 6.92 Å². The summed E-state index contributed by atoms with van der Waals surface area (Å²) in [6.45, 7) is 2.01. The number of methoxy groups -OCH3 is 1. The van der Waals surface area contributed by atoms with Gasteiger partial charge in [-0.1, -0.05) is 0 Å². The molecule has 1 rings (SSSR count). The van der Waals surface area contributed by atoms with E-state index in [0.29, 0.717) is 23.1 Å². The molecule has 6 heteroatoms. The minimum atomic E-state index is -0.772. The topological polar surface area (TPSA) is 77.2 Å². The summed E-state index contributed by atoms with van der Waals surface area (Å²) < 4.78 is 16.0. The Labute approximate surface area is 104 Å². The second-order valence-electron chi connectivity index (χ2n) is 3.90. The number of rotatable bonds is 6. The molecule has 0 aliphatic heterocycles. The number of pyridine rings is 1. The Kier molecular flexibility index (Phi) is 5.21. The van der Waals surface area contributed by atoms with Crippen molar-refractivity contribution in [2.75, 3.05) is 30.2 Å². The van der Waals surface area contributed by atoms with Crippen molar-refractivity contribution in [1.29, 1.82) is 0 Å². The lowest BCUT2D eigenvalue weighted by atomic mass is 10.2. The van der Waals surface area contributed by atoms with E-state index in [1.165, 1.54) is 0 Å². The molecule has 0 aliphatic rings. The molecule has 0 saturated heterocycles. The van der Waals surface area contributed by atoms with Gasteiger partial charge in [-0.25, -0.2) is 0 Å². The molecule has 17 heavy (non-hydrogen) atoms. The Bertz CT molecular complexity index is 398. The molecule has 5 nitrogen and oxygen atoms in total. The Morgan fingerprint density at radius 2 is 2.29 bits per heavy atom. The number of nitrogens with one attached hydrogen (secondary N) is 1. The molecule has 0 fully saturated rings. The highest BCUT2D eigenvalue weighted by molar-refractivity contribution is 7.84. The van der Waals surface area contributed by atoms with Gasteiger partial charge in [0, 0.05) is 34.9 Å². The molecule has 0 aliphatic carbocycles. The van der Waals surface area contributed by atoms with Crippen LogP contribution in [-0.4, -0.2) is 34.4 Å². The quantitative estimate of drug-likeness (QED) is 0.802. The number of nitrogens with zero attached hydrogens (tertiary/aromatic N) is 1. The Balaban J connectivity index is 2.63. The first-order valence-electron chi connectivity index (χ1n) is 5.40. The summed E-state index contributed by atoms with van der Waals surface area (Å²) in [5.41, 5.74) is 6.39. The molecule has 0 bridgehead atoms. The normalized spacial score (nSPS) is 14.1. The van der Waals surface area contributed by atoms with Crippen molar-refractivity contribution < 1.29 is 8.95 Å². The molecule has 0 amide bonds. The maximum atomic E-state index is 11.0. The second-order valence-corrected chi connectivity index (χ2v) is 5.46. The predicted octanol–water partition coefficient (Wildman–Crippen LogP) is 1.24. The van der Waals surface area contributed by atoms with Gasteiger partial charge in [0.05, 0.1) is 12.8 Å². The maximum Gasteiger partial charge on any atom is 0.215 e. The molecule has 1 aromatic heterocycles. The zero-order valence-corrected chi connectivity index (χ0v) is 11.2. The van der Waals surface area contributed by atoms with Gasteiger partial charge in [-0.3, -0.25) is 4.21 Å². The van der Waals surface area contributed by atoms with E-state index in [2.05, 4.69) is 10.3 Å². The molecule has 0 radical (unpaired) electrons. The third kappa shape index (κ3) is 4.60. The van der Waals surface area contributed by atoms with Crippen LogP contribution in [0.1, 0.15) is 13.3 Å². The molecular formula is C11H19N3O2S. The van der Waals surface area contributed by atoms with E-state index in [0.717, 1.165) is 6.42 Å². The van der Waals surface area contributed by atoms with Gasteiger partial charge >= 0.3 is 0 Å². The molecule has 2 atom stereocenters. The van der Waals surface area contributed by atoms with E-state index < -0.39 is 10.8 Å². The van der Waals surface area contributed by atoms with Gasteiger partial charge in [0.25, 0.3) is 0 Å². The van der Waals surface area contributed by atoms with E-state index in [1.54, 1.807) is 25.5 Å². The third-order valence-electron chi connectivity index (χ3n) is 2.33. The molecule has 0 aromatic carbocycles. The first-order valence-corrected chi connectivity index (χ1v) is 7.12. The highest BCUT2D eigenvalue weighted by Gasteiger charge is 2.08. The monoisotopic (exact) mass is 257 g/mol. The summed E-state index contributed by atoms with van der Waals surface area (Å²) in [5.74, 6) is 1.80. The first kappa shape index (κ1) is 13.8. The van der Waals surface area contributed by atoms with E-state index in [9.17, 15) is 4.21 Å². The fraction of sp³-hybridized carbons (Fsp3) is 0.545. The van der Waals surface area contributed by atoms with Crippen molar-refractivity contribution >= 4 is 22.3 Å². The zero-order valence-electron chi connectivity index (χ0n) is 10.4. The number of hydrogen-bond donors (Lipinski definition) is 2. The van der Waals surface area contributed by atoms with Gasteiger partial charge in [-0.2, -0.15) is 4.98 Å². The largest absolute Gasteiger partial charge is 0.481 e. The van der Waals surface area contributed by atoms with Crippen molar-refractivity contribution in [3.8, 4) is 5.88 Å². The minimum absolute atomic E-state index is 0.167. The molecule has 3 N–H and O–H groups in total. The fourth-order valence-corrected chi connectivity index (χ4v) is 2.02. The minimum Gasteiger partial charge on any atom is -0.481 e. The molecule has 96 valence electrons. The summed E-state index contributed by atoms with van der Waals surface area (Å²) in [7, 11) is 0.790. The van der Waals surface area contributed by atoms with Crippen molar-refractivity contribution in [3.63, 3.8) is 0 Å². The summed E-state index contributed by atoms with van der Waals surface area (Å²) in [4.78, 5) is 4.22. The lowest BCUT2D eigenvalue weighted by molar-refractivity contribution is 0.398. The van der Waals surface area contributed by atoms with Crippen molar-refractivity contribution in [2.24, 2.45) is 0 Å². The highest BCUT2D eigenvalue weighted by atomic mass is 32.2. The van der Waals surface area contributed by atoms with Crippen LogP contribution in [0.25, 0.3) is 0 Å². The maximum absolute atomic E-state index is 11.0. The molecule has 0 spiro atoms. The summed E-state index contributed by atoms with van der Waals surface area (Å²) in [6, 6.07) is 3.63. The smallest absolute Gasteiger partial charge is 0.215 e. The molecule has 1 heterocycles. The van der Waals surface area contributed by atoms with Gasteiger partial charge in [0.15, 0.2) is 5.82 Å². The predicted molar refractivity (Wildman–Crippen MR) is 71.8 cm³/mol. The van der Waals surface area contributed by atoms with Gasteiger partial charge in [0.1, 0.15) is 0 Å². The number of hydrogen-bond acceptors (Lipinski definition) is 5. The zero-order chi connectivity index (χ0) is 12.8. The molecular weight excluding hydrogens is 238 g/mol. The SMILES string of the molecule is COc1ccc(N)c(NC(C)CCS(C)=O)n1. The standard InChI is InChI=1S/C11H19N3O2S/c1-8(6-7-17(3)15)13-11-9(12)4-5-10(14-11)16-2/h4-5,8H,6-7,12H2,1-3H3,(H,13,14). The van der Waals surface area contributed by atoms with Crippen LogP contribution in [0, 0.1) is 0 Å². The average Bonchev–Trinajstić information content (AvgIpc) is 2.29. The highest BCUT2D eigenvalue weighted by Crippen LogP contribution is 2.20. The van der Waals surface area contributed by atoms with Crippen LogP contribution in [-0.2, 0) is 10.8 Å². The summed E-state index contributed by atoms with van der Waals surface area (Å²) in [5, 5.41) is 3.19. The average molecular weight is 257 g/mol. The van der Waals surface area contributed by atoms with Crippen LogP contribution < -0.4 is 15.8 Å².